The Bertz CT molecular complexity index is 1330. The molecule has 2 aliphatic heterocycles. The number of nitrogens with zero attached hydrogens (tertiary/aromatic N) is 3. The van der Waals surface area contributed by atoms with Crippen LogP contribution in [0.2, 0.25) is 0 Å². The lowest BCUT2D eigenvalue weighted by molar-refractivity contribution is -0.133. The predicted molar refractivity (Wildman–Crippen MR) is 133 cm³/mol. The summed E-state index contributed by atoms with van der Waals surface area (Å²) in [4.78, 5) is 49.6. The number of ether oxygens (including phenoxy) is 1. The van der Waals surface area contributed by atoms with Crippen molar-refractivity contribution in [3.05, 3.63) is 53.6 Å². The van der Waals surface area contributed by atoms with Crippen LogP contribution in [0.25, 0.3) is 11.0 Å². The fraction of sp³-hybridized carbons (Fsp3) is 0.407. The van der Waals surface area contributed by atoms with Crippen LogP contribution < -0.4 is 9.64 Å². The zero-order chi connectivity index (χ0) is 25.4. The fourth-order valence-electron chi connectivity index (χ4n) is 4.95. The first kappa shape index (κ1) is 24.0. The van der Waals surface area contributed by atoms with Crippen molar-refractivity contribution in [3.63, 3.8) is 0 Å². The van der Waals surface area contributed by atoms with Gasteiger partial charge in [-0.25, -0.2) is 9.37 Å². The molecule has 5 rings (SSSR count). The number of amides is 2. The molecule has 0 aliphatic carbocycles. The summed E-state index contributed by atoms with van der Waals surface area (Å²) in [6, 6.07) is 9.54. The van der Waals surface area contributed by atoms with Crippen molar-refractivity contribution < 1.29 is 23.5 Å². The van der Waals surface area contributed by atoms with E-state index in [0.29, 0.717) is 54.9 Å². The van der Waals surface area contributed by atoms with Crippen molar-refractivity contribution in [2.45, 2.75) is 51.6 Å². The highest BCUT2D eigenvalue weighted by Gasteiger charge is 2.35. The maximum atomic E-state index is 13.5. The number of ketones is 1. The molecule has 0 bridgehead atoms. The normalized spacial score (nSPS) is 18.3. The number of Topliss-reactive ketones (excluding diaryl/α,β-unsaturated/α-hetero) is 1. The number of benzene rings is 2. The topological polar surface area (TPSA) is 95.6 Å². The van der Waals surface area contributed by atoms with Gasteiger partial charge in [0.05, 0.1) is 16.7 Å². The quantitative estimate of drug-likeness (QED) is 0.520. The lowest BCUT2D eigenvalue weighted by Gasteiger charge is -2.36. The van der Waals surface area contributed by atoms with Crippen LogP contribution in [-0.4, -0.2) is 58.2 Å². The summed E-state index contributed by atoms with van der Waals surface area (Å²) >= 11 is 0. The summed E-state index contributed by atoms with van der Waals surface area (Å²) in [5.41, 5.74) is 2.35. The highest BCUT2D eigenvalue weighted by atomic mass is 19.1. The van der Waals surface area contributed by atoms with Gasteiger partial charge in [0, 0.05) is 31.0 Å². The first-order chi connectivity index (χ1) is 17.3. The van der Waals surface area contributed by atoms with Gasteiger partial charge in [0.25, 0.3) is 5.91 Å². The second kappa shape index (κ2) is 9.72. The van der Waals surface area contributed by atoms with E-state index in [0.717, 1.165) is 17.8 Å². The van der Waals surface area contributed by atoms with Gasteiger partial charge in [-0.15, -0.1) is 0 Å². The third-order valence-electron chi connectivity index (χ3n) is 6.96. The molecule has 3 aromatic rings. The minimum atomic E-state index is -0.717. The van der Waals surface area contributed by atoms with Crippen LogP contribution in [0.15, 0.2) is 36.4 Å². The number of carbonyl (C=O) groups excluding carboxylic acids is 3. The Balaban J connectivity index is 1.28. The number of piperidine rings is 1. The summed E-state index contributed by atoms with van der Waals surface area (Å²) in [5, 5.41) is 0. The number of aromatic amines is 1. The SMILES string of the molecule is CCCC(=O)c1ccc2c(c1)N(CC(=O)N1CCC(c3nc4ccc(F)cc4[nH]3)CC1)C(=O)C(C)O2. The number of H-pyrrole nitrogens is 1. The summed E-state index contributed by atoms with van der Waals surface area (Å²) in [6.45, 7) is 4.55. The molecular formula is C27H29FN4O4. The molecule has 1 atom stereocenters. The van der Waals surface area contributed by atoms with Crippen LogP contribution in [0.5, 0.6) is 5.75 Å². The number of fused-ring (bicyclic) bond motifs is 2. The largest absolute Gasteiger partial charge is 0.479 e. The van der Waals surface area contributed by atoms with Gasteiger partial charge in [-0.1, -0.05) is 6.92 Å². The van der Waals surface area contributed by atoms with Gasteiger partial charge in [-0.05, 0) is 62.6 Å². The Morgan fingerprint density at radius 1 is 1.17 bits per heavy atom. The molecule has 9 heteroatoms. The average Bonchev–Trinajstić information content (AvgIpc) is 3.30. The van der Waals surface area contributed by atoms with E-state index in [9.17, 15) is 18.8 Å². The average molecular weight is 493 g/mol. The Morgan fingerprint density at radius 3 is 2.69 bits per heavy atom. The molecule has 1 aromatic heterocycles. The smallest absolute Gasteiger partial charge is 0.268 e. The van der Waals surface area contributed by atoms with E-state index in [1.807, 2.05) is 6.92 Å². The maximum Gasteiger partial charge on any atom is 0.268 e. The van der Waals surface area contributed by atoms with Crippen LogP contribution in [0, 0.1) is 5.82 Å². The highest BCUT2D eigenvalue weighted by Crippen LogP contribution is 2.36. The second-order valence-corrected chi connectivity index (χ2v) is 9.48. The van der Waals surface area contributed by atoms with Crippen molar-refractivity contribution in [2.75, 3.05) is 24.5 Å². The zero-order valence-electron chi connectivity index (χ0n) is 20.4. The van der Waals surface area contributed by atoms with Gasteiger partial charge in [0.15, 0.2) is 11.9 Å². The number of imidazole rings is 1. The van der Waals surface area contributed by atoms with Crippen LogP contribution in [-0.2, 0) is 9.59 Å². The Morgan fingerprint density at radius 2 is 1.94 bits per heavy atom. The third-order valence-corrected chi connectivity index (χ3v) is 6.96. The van der Waals surface area contributed by atoms with Crippen LogP contribution >= 0.6 is 0 Å². The number of rotatable bonds is 6. The number of hydrogen-bond donors (Lipinski definition) is 1. The number of anilines is 1. The van der Waals surface area contributed by atoms with Gasteiger partial charge in [-0.2, -0.15) is 0 Å². The molecule has 1 saturated heterocycles. The summed E-state index contributed by atoms with van der Waals surface area (Å²) < 4.78 is 19.2. The van der Waals surface area contributed by atoms with E-state index < -0.39 is 6.10 Å². The monoisotopic (exact) mass is 492 g/mol. The molecule has 8 nitrogen and oxygen atoms in total. The summed E-state index contributed by atoms with van der Waals surface area (Å²) in [7, 11) is 0. The Labute approximate surface area is 208 Å². The van der Waals surface area contributed by atoms with Gasteiger partial charge in [-0.3, -0.25) is 19.3 Å². The molecule has 2 aliphatic rings. The van der Waals surface area contributed by atoms with E-state index in [1.165, 1.54) is 17.0 Å². The molecule has 2 amide bonds. The van der Waals surface area contributed by atoms with Gasteiger partial charge < -0.3 is 14.6 Å². The lowest BCUT2D eigenvalue weighted by atomic mass is 9.96. The minimum Gasteiger partial charge on any atom is -0.479 e. The van der Waals surface area contributed by atoms with E-state index in [4.69, 9.17) is 4.74 Å². The highest BCUT2D eigenvalue weighted by molar-refractivity contribution is 6.05. The van der Waals surface area contributed by atoms with Gasteiger partial charge in [0.2, 0.25) is 5.91 Å². The van der Waals surface area contributed by atoms with Crippen molar-refractivity contribution >= 4 is 34.3 Å². The van der Waals surface area contributed by atoms with Crippen molar-refractivity contribution in [2.24, 2.45) is 0 Å². The molecule has 0 radical (unpaired) electrons. The minimum absolute atomic E-state index is 0.00644. The molecule has 1 fully saturated rings. The lowest BCUT2D eigenvalue weighted by Crippen LogP contribution is -2.50. The third kappa shape index (κ3) is 4.57. The van der Waals surface area contributed by atoms with Crippen molar-refractivity contribution in [1.29, 1.82) is 0 Å². The van der Waals surface area contributed by atoms with E-state index in [-0.39, 0.29) is 35.9 Å². The number of halogens is 1. The predicted octanol–water partition coefficient (Wildman–Crippen LogP) is 4.20. The van der Waals surface area contributed by atoms with E-state index in [1.54, 1.807) is 36.1 Å². The molecule has 3 heterocycles. The Hall–Kier alpha value is -3.75. The second-order valence-electron chi connectivity index (χ2n) is 9.48. The summed E-state index contributed by atoms with van der Waals surface area (Å²) in [6.07, 6.45) is 1.86. The van der Waals surface area contributed by atoms with E-state index >= 15 is 0 Å². The van der Waals surface area contributed by atoms with Crippen LogP contribution in [0.1, 0.15) is 61.6 Å². The Kier molecular flexibility index (Phi) is 6.47. The number of carbonyl (C=O) groups is 3. The van der Waals surface area contributed by atoms with Crippen molar-refractivity contribution in [1.82, 2.24) is 14.9 Å². The molecule has 1 N–H and O–H groups in total. The van der Waals surface area contributed by atoms with Crippen LogP contribution in [0.3, 0.4) is 0 Å². The summed E-state index contributed by atoms with van der Waals surface area (Å²) in [5.74, 6) is 0.657. The molecular weight excluding hydrogens is 463 g/mol. The van der Waals surface area contributed by atoms with Crippen LogP contribution in [0.4, 0.5) is 10.1 Å². The van der Waals surface area contributed by atoms with Gasteiger partial charge in [0.1, 0.15) is 23.9 Å². The number of hydrogen-bond acceptors (Lipinski definition) is 5. The molecule has 0 spiro atoms. The molecule has 36 heavy (non-hydrogen) atoms. The first-order valence-electron chi connectivity index (χ1n) is 12.4. The van der Waals surface area contributed by atoms with Crippen molar-refractivity contribution in [3.8, 4) is 5.75 Å². The number of nitrogens with one attached hydrogen (secondary N) is 1. The zero-order valence-corrected chi connectivity index (χ0v) is 20.4. The molecule has 2 aromatic carbocycles. The number of aromatic nitrogens is 2. The molecule has 188 valence electrons. The molecule has 0 saturated carbocycles. The number of likely N-dealkylation sites (tertiary alicyclic amines) is 1. The molecule has 1 unspecified atom stereocenters. The van der Waals surface area contributed by atoms with E-state index in [2.05, 4.69) is 9.97 Å². The van der Waals surface area contributed by atoms with Gasteiger partial charge >= 0.3 is 0 Å². The standard InChI is InChI=1S/C27H29FN4O4/c1-3-4-23(33)18-5-8-24-22(13-18)32(27(35)16(2)36-24)15-25(34)31-11-9-17(10-12-31)26-29-20-7-6-19(28)14-21(20)30-26/h5-8,13-14,16-17H,3-4,9-12,15H2,1-2H3,(H,29,30). The maximum absolute atomic E-state index is 13.5. The fourth-order valence-corrected chi connectivity index (χ4v) is 4.95. The first-order valence-corrected chi connectivity index (χ1v) is 12.4.